The van der Waals surface area contributed by atoms with Crippen molar-refractivity contribution in [1.29, 1.82) is 5.26 Å². The molecule has 0 aliphatic heterocycles. The third kappa shape index (κ3) is 1.80. The van der Waals surface area contributed by atoms with Crippen molar-refractivity contribution in [1.82, 2.24) is 14.5 Å². The second-order valence-electron chi connectivity index (χ2n) is 4.32. The average molecular weight is 270 g/mol. The number of fused-ring (bicyclic) bond motifs is 1. The number of hydrogen-bond acceptors (Lipinski definition) is 3. The summed E-state index contributed by atoms with van der Waals surface area (Å²) in [5.74, 6) is -0.928. The van der Waals surface area contributed by atoms with Crippen molar-refractivity contribution in [3.8, 4) is 17.5 Å². The van der Waals surface area contributed by atoms with Gasteiger partial charge >= 0.3 is 0 Å². The quantitative estimate of drug-likeness (QED) is 0.683. The first-order valence-corrected chi connectivity index (χ1v) is 5.77. The first kappa shape index (κ1) is 12.2. The zero-order chi connectivity index (χ0) is 14.3. The Kier molecular flexibility index (Phi) is 2.68. The number of halogens is 2. The minimum absolute atomic E-state index is 0.212. The second kappa shape index (κ2) is 4.38. The lowest BCUT2D eigenvalue weighted by atomic mass is 10.2. The molecular formula is C14H8F2N4. The first-order chi connectivity index (χ1) is 9.60. The van der Waals surface area contributed by atoms with E-state index in [0.717, 1.165) is 6.07 Å². The molecule has 4 nitrogen and oxygen atoms in total. The van der Waals surface area contributed by atoms with Gasteiger partial charge in [-0.05, 0) is 6.07 Å². The van der Waals surface area contributed by atoms with Gasteiger partial charge < -0.3 is 4.57 Å². The van der Waals surface area contributed by atoms with Crippen LogP contribution in [0.15, 0.2) is 30.6 Å². The summed E-state index contributed by atoms with van der Waals surface area (Å²) in [6.45, 7) is 0. The maximum atomic E-state index is 13.8. The van der Waals surface area contributed by atoms with Crippen molar-refractivity contribution < 1.29 is 8.78 Å². The molecule has 0 bridgehead atoms. The average Bonchev–Trinajstić information content (AvgIpc) is 2.76. The Morgan fingerprint density at radius 2 is 2.00 bits per heavy atom. The van der Waals surface area contributed by atoms with E-state index in [4.69, 9.17) is 5.26 Å². The minimum atomic E-state index is -0.677. The number of aryl methyl sites for hydroxylation is 1. The summed E-state index contributed by atoms with van der Waals surface area (Å²) in [6.07, 6.45) is 2.95. The van der Waals surface area contributed by atoms with Crippen LogP contribution in [0.25, 0.3) is 22.4 Å². The Hall–Kier alpha value is -2.81. The van der Waals surface area contributed by atoms with Crippen LogP contribution in [0.3, 0.4) is 0 Å². The summed E-state index contributed by atoms with van der Waals surface area (Å²) in [7, 11) is 1.63. The fourth-order valence-electron chi connectivity index (χ4n) is 2.15. The lowest BCUT2D eigenvalue weighted by Crippen LogP contribution is -1.95. The fraction of sp³-hybridized carbons (Fsp3) is 0.0714. The van der Waals surface area contributed by atoms with E-state index in [1.165, 1.54) is 23.0 Å². The standard InChI is InChI=1S/C14H8F2N4/c1-20-13-11(16)3-10(15)4-12(13)19-14(20)9-2-8(5-17)6-18-7-9/h2-4,6-7H,1H3. The molecule has 0 saturated heterocycles. The lowest BCUT2D eigenvalue weighted by molar-refractivity contribution is 0.588. The molecule has 0 fully saturated rings. The number of rotatable bonds is 1. The van der Waals surface area contributed by atoms with Crippen molar-refractivity contribution in [3.05, 3.63) is 47.8 Å². The molecule has 0 atom stereocenters. The monoisotopic (exact) mass is 270 g/mol. The van der Waals surface area contributed by atoms with E-state index in [9.17, 15) is 8.78 Å². The van der Waals surface area contributed by atoms with Gasteiger partial charge in [0.15, 0.2) is 5.82 Å². The molecule has 2 aromatic heterocycles. The molecule has 3 aromatic rings. The van der Waals surface area contributed by atoms with Crippen LogP contribution >= 0.6 is 0 Å². The van der Waals surface area contributed by atoms with E-state index in [-0.39, 0.29) is 11.0 Å². The number of pyridine rings is 1. The van der Waals surface area contributed by atoms with Gasteiger partial charge in [-0.2, -0.15) is 5.26 Å². The number of nitriles is 1. The number of aromatic nitrogens is 3. The highest BCUT2D eigenvalue weighted by Crippen LogP contribution is 2.26. The van der Waals surface area contributed by atoms with Gasteiger partial charge in [0.05, 0.1) is 11.1 Å². The van der Waals surface area contributed by atoms with Crippen molar-refractivity contribution in [2.24, 2.45) is 7.05 Å². The van der Waals surface area contributed by atoms with E-state index in [1.54, 1.807) is 13.1 Å². The second-order valence-corrected chi connectivity index (χ2v) is 4.32. The molecule has 0 saturated carbocycles. The van der Waals surface area contributed by atoms with E-state index in [2.05, 4.69) is 9.97 Å². The summed E-state index contributed by atoms with van der Waals surface area (Å²) in [5.41, 5.74) is 1.38. The van der Waals surface area contributed by atoms with Gasteiger partial charge in [-0.3, -0.25) is 4.98 Å². The molecule has 0 spiro atoms. The maximum absolute atomic E-state index is 13.8. The molecule has 0 amide bonds. The SMILES string of the molecule is Cn1c(-c2cncc(C#N)c2)nc2cc(F)cc(F)c21. The topological polar surface area (TPSA) is 54.5 Å². The predicted molar refractivity (Wildman–Crippen MR) is 68.6 cm³/mol. The number of nitrogens with zero attached hydrogens (tertiary/aromatic N) is 4. The van der Waals surface area contributed by atoms with Gasteiger partial charge in [-0.25, -0.2) is 13.8 Å². The van der Waals surface area contributed by atoms with Crippen LogP contribution in [0.2, 0.25) is 0 Å². The predicted octanol–water partition coefficient (Wildman–Crippen LogP) is 2.79. The van der Waals surface area contributed by atoms with Crippen molar-refractivity contribution in [3.63, 3.8) is 0 Å². The van der Waals surface area contributed by atoms with Gasteiger partial charge in [-0.15, -0.1) is 0 Å². The Labute approximate surface area is 112 Å². The molecular weight excluding hydrogens is 262 g/mol. The van der Waals surface area contributed by atoms with E-state index in [1.807, 2.05) is 6.07 Å². The molecule has 2 heterocycles. The van der Waals surface area contributed by atoms with Crippen LogP contribution in [0, 0.1) is 23.0 Å². The molecule has 98 valence electrons. The molecule has 0 radical (unpaired) electrons. The van der Waals surface area contributed by atoms with Crippen LogP contribution in [0.1, 0.15) is 5.56 Å². The van der Waals surface area contributed by atoms with Crippen LogP contribution in [0.5, 0.6) is 0 Å². The van der Waals surface area contributed by atoms with Crippen molar-refractivity contribution in [2.45, 2.75) is 0 Å². The number of hydrogen-bond donors (Lipinski definition) is 0. The van der Waals surface area contributed by atoms with Crippen LogP contribution in [-0.4, -0.2) is 14.5 Å². The Balaban J connectivity index is 2.30. The summed E-state index contributed by atoms with van der Waals surface area (Å²) >= 11 is 0. The Morgan fingerprint density at radius 3 is 2.75 bits per heavy atom. The van der Waals surface area contributed by atoms with Crippen molar-refractivity contribution in [2.75, 3.05) is 0 Å². The van der Waals surface area contributed by atoms with E-state index >= 15 is 0 Å². The van der Waals surface area contributed by atoms with Crippen LogP contribution in [0.4, 0.5) is 8.78 Å². The van der Waals surface area contributed by atoms with Gasteiger partial charge in [0.2, 0.25) is 0 Å². The first-order valence-electron chi connectivity index (χ1n) is 5.77. The summed E-state index contributed by atoms with van der Waals surface area (Å²) in [4.78, 5) is 8.15. The highest BCUT2D eigenvalue weighted by molar-refractivity contribution is 5.81. The molecule has 0 N–H and O–H groups in total. The number of benzene rings is 1. The molecule has 3 rings (SSSR count). The maximum Gasteiger partial charge on any atom is 0.152 e. The van der Waals surface area contributed by atoms with Gasteiger partial charge in [0, 0.05) is 37.1 Å². The van der Waals surface area contributed by atoms with Gasteiger partial charge in [-0.1, -0.05) is 0 Å². The molecule has 1 aromatic carbocycles. The molecule has 0 aliphatic carbocycles. The van der Waals surface area contributed by atoms with Gasteiger partial charge in [0.1, 0.15) is 23.2 Å². The van der Waals surface area contributed by atoms with E-state index in [0.29, 0.717) is 17.0 Å². The fourth-order valence-corrected chi connectivity index (χ4v) is 2.15. The third-order valence-corrected chi connectivity index (χ3v) is 3.01. The molecule has 0 unspecified atom stereocenters. The normalized spacial score (nSPS) is 10.7. The summed E-state index contributed by atoms with van der Waals surface area (Å²) in [6, 6.07) is 5.56. The highest BCUT2D eigenvalue weighted by atomic mass is 19.1. The van der Waals surface area contributed by atoms with Crippen LogP contribution in [-0.2, 0) is 7.05 Å². The van der Waals surface area contributed by atoms with Crippen LogP contribution < -0.4 is 0 Å². The molecule has 20 heavy (non-hydrogen) atoms. The summed E-state index contributed by atoms with van der Waals surface area (Å²) in [5, 5.41) is 8.87. The number of imidazole rings is 1. The zero-order valence-corrected chi connectivity index (χ0v) is 10.4. The molecule has 0 aliphatic rings. The van der Waals surface area contributed by atoms with E-state index < -0.39 is 11.6 Å². The van der Waals surface area contributed by atoms with Crippen molar-refractivity contribution >= 4 is 11.0 Å². The van der Waals surface area contributed by atoms with Gasteiger partial charge in [0.25, 0.3) is 0 Å². The lowest BCUT2D eigenvalue weighted by Gasteiger charge is -2.02. The highest BCUT2D eigenvalue weighted by Gasteiger charge is 2.15. The largest absolute Gasteiger partial charge is 0.325 e. The Bertz CT molecular complexity index is 861. The zero-order valence-electron chi connectivity index (χ0n) is 10.4. The smallest absolute Gasteiger partial charge is 0.152 e. The molecule has 6 heteroatoms. The third-order valence-electron chi connectivity index (χ3n) is 3.01. The Morgan fingerprint density at radius 1 is 1.20 bits per heavy atom. The summed E-state index contributed by atoms with van der Waals surface area (Å²) < 4.78 is 28.5. The minimum Gasteiger partial charge on any atom is -0.325 e.